The van der Waals surface area contributed by atoms with Gasteiger partial charge in [0.15, 0.2) is 0 Å². The highest BCUT2D eigenvalue weighted by Gasteiger charge is 2.14. The highest BCUT2D eigenvalue weighted by Crippen LogP contribution is 2.35. The first-order chi connectivity index (χ1) is 13.2. The molecule has 3 rings (SSSR count). The Morgan fingerprint density at radius 3 is 1.85 bits per heavy atom. The van der Waals surface area contributed by atoms with E-state index in [1.807, 2.05) is 31.2 Å². The second kappa shape index (κ2) is 9.40. The molecule has 0 aliphatic heterocycles. The van der Waals surface area contributed by atoms with Gasteiger partial charge in [0.05, 0.1) is 0 Å². The smallest absolute Gasteiger partial charge is 0.144 e. The maximum atomic E-state index is 6.18. The van der Waals surface area contributed by atoms with Crippen LogP contribution >= 0.6 is 11.6 Å². The molecular formula is C24H24ClNO. The molecule has 27 heavy (non-hydrogen) atoms. The third-order valence-electron chi connectivity index (χ3n) is 4.30. The van der Waals surface area contributed by atoms with Gasteiger partial charge in [-0.1, -0.05) is 72.8 Å². The Kier molecular flexibility index (Phi) is 6.69. The van der Waals surface area contributed by atoms with Crippen LogP contribution in [0.25, 0.3) is 11.1 Å². The van der Waals surface area contributed by atoms with Crippen LogP contribution < -0.4 is 10.5 Å². The lowest BCUT2D eigenvalue weighted by atomic mass is 9.88. The van der Waals surface area contributed by atoms with E-state index in [2.05, 4.69) is 60.7 Å². The third-order valence-corrected chi connectivity index (χ3v) is 4.48. The minimum atomic E-state index is -0.337. The number of rotatable bonds is 7. The Labute approximate surface area is 166 Å². The molecule has 0 aliphatic carbocycles. The maximum absolute atomic E-state index is 6.18. The molecule has 2 N–H and O–H groups in total. The molecule has 0 saturated carbocycles. The lowest BCUT2D eigenvalue weighted by molar-refractivity contribution is 0.230. The van der Waals surface area contributed by atoms with Crippen LogP contribution in [-0.4, -0.2) is 12.1 Å². The summed E-state index contributed by atoms with van der Waals surface area (Å²) in [4.78, 5) is 0. The molecule has 1 atom stereocenters. The van der Waals surface area contributed by atoms with Crippen molar-refractivity contribution in [3.05, 3.63) is 102 Å². The molecule has 3 aromatic carbocycles. The molecule has 0 aliphatic rings. The van der Waals surface area contributed by atoms with E-state index in [0.717, 1.165) is 17.7 Å². The zero-order valence-electron chi connectivity index (χ0n) is 15.4. The van der Waals surface area contributed by atoms with E-state index in [1.54, 1.807) is 0 Å². The fraction of sp³-hybridized carbons (Fsp3) is 0.167. The molecule has 0 radical (unpaired) electrons. The summed E-state index contributed by atoms with van der Waals surface area (Å²) < 4.78 is 5.59. The van der Waals surface area contributed by atoms with Crippen LogP contribution in [0.15, 0.2) is 84.9 Å². The van der Waals surface area contributed by atoms with E-state index >= 15 is 0 Å². The molecule has 3 aromatic rings. The van der Waals surface area contributed by atoms with E-state index in [9.17, 15) is 0 Å². The molecule has 0 fully saturated rings. The topological polar surface area (TPSA) is 35.2 Å². The van der Waals surface area contributed by atoms with Crippen molar-refractivity contribution in [3.63, 3.8) is 0 Å². The number of ether oxygens (including phenoxy) is 1. The van der Waals surface area contributed by atoms with Crippen LogP contribution in [0.1, 0.15) is 30.0 Å². The highest BCUT2D eigenvalue weighted by atomic mass is 35.5. The minimum absolute atomic E-state index is 0.337. The first kappa shape index (κ1) is 19.2. The van der Waals surface area contributed by atoms with Gasteiger partial charge >= 0.3 is 0 Å². The molecule has 3 heteroatoms. The average molecular weight is 378 g/mol. The van der Waals surface area contributed by atoms with Crippen molar-refractivity contribution in [2.75, 3.05) is 5.88 Å². The van der Waals surface area contributed by atoms with Crippen molar-refractivity contribution in [3.8, 4) is 5.75 Å². The Balaban J connectivity index is 2.16. The molecule has 138 valence electrons. The van der Waals surface area contributed by atoms with Crippen LogP contribution in [0.4, 0.5) is 0 Å². The van der Waals surface area contributed by atoms with Crippen LogP contribution in [0.2, 0.25) is 0 Å². The van der Waals surface area contributed by atoms with Gasteiger partial charge in [0, 0.05) is 5.88 Å². The summed E-state index contributed by atoms with van der Waals surface area (Å²) in [6.07, 6.45) is 0.449. The number of halogens is 1. The van der Waals surface area contributed by atoms with Crippen LogP contribution in [0.5, 0.6) is 5.75 Å². The second-order valence-electron chi connectivity index (χ2n) is 6.37. The summed E-state index contributed by atoms with van der Waals surface area (Å²) in [7, 11) is 0. The van der Waals surface area contributed by atoms with Gasteiger partial charge in [0.25, 0.3) is 0 Å². The summed E-state index contributed by atoms with van der Waals surface area (Å²) in [5, 5.41) is 0. The normalized spacial score (nSPS) is 13.0. The molecule has 0 saturated heterocycles. The maximum Gasteiger partial charge on any atom is 0.144 e. The predicted octanol–water partition coefficient (Wildman–Crippen LogP) is 5.96. The zero-order valence-corrected chi connectivity index (χ0v) is 16.2. The average Bonchev–Trinajstić information content (AvgIpc) is 2.70. The van der Waals surface area contributed by atoms with E-state index < -0.39 is 0 Å². The van der Waals surface area contributed by atoms with Gasteiger partial charge in [0.2, 0.25) is 0 Å². The van der Waals surface area contributed by atoms with Crippen molar-refractivity contribution in [1.82, 2.24) is 0 Å². The Morgan fingerprint density at radius 1 is 0.815 bits per heavy atom. The highest BCUT2D eigenvalue weighted by molar-refractivity contribution is 6.18. The molecule has 1 unspecified atom stereocenters. The van der Waals surface area contributed by atoms with E-state index in [1.165, 1.54) is 22.3 Å². The van der Waals surface area contributed by atoms with Crippen molar-refractivity contribution in [2.24, 2.45) is 5.73 Å². The number of hydrogen-bond acceptors (Lipinski definition) is 2. The number of hydrogen-bond donors (Lipinski definition) is 1. The summed E-state index contributed by atoms with van der Waals surface area (Å²) in [6, 6.07) is 28.9. The Bertz CT molecular complexity index is 871. The van der Waals surface area contributed by atoms with E-state index in [-0.39, 0.29) is 6.23 Å². The second-order valence-corrected chi connectivity index (χ2v) is 6.75. The summed E-state index contributed by atoms with van der Waals surface area (Å²) >= 11 is 6.18. The number of benzene rings is 3. The Hall–Kier alpha value is -2.55. The van der Waals surface area contributed by atoms with Crippen molar-refractivity contribution in [1.29, 1.82) is 0 Å². The van der Waals surface area contributed by atoms with Gasteiger partial charge in [-0.15, -0.1) is 11.6 Å². The minimum Gasteiger partial charge on any atom is -0.476 e. The Morgan fingerprint density at radius 2 is 1.33 bits per heavy atom. The third kappa shape index (κ3) is 5.00. The van der Waals surface area contributed by atoms with E-state index in [0.29, 0.717) is 5.88 Å². The van der Waals surface area contributed by atoms with Gasteiger partial charge in [0.1, 0.15) is 12.0 Å². The number of nitrogens with two attached hydrogens (primary N) is 1. The molecular weight excluding hydrogens is 354 g/mol. The largest absolute Gasteiger partial charge is 0.476 e. The summed E-state index contributed by atoms with van der Waals surface area (Å²) in [5.74, 6) is 1.33. The van der Waals surface area contributed by atoms with Gasteiger partial charge in [-0.05, 0) is 53.3 Å². The molecule has 0 bridgehead atoms. The van der Waals surface area contributed by atoms with Crippen LogP contribution in [0.3, 0.4) is 0 Å². The lowest BCUT2D eigenvalue weighted by Crippen LogP contribution is -2.22. The lowest BCUT2D eigenvalue weighted by Gasteiger charge is -2.17. The summed E-state index contributed by atoms with van der Waals surface area (Å²) in [6.45, 7) is 1.82. The fourth-order valence-electron chi connectivity index (χ4n) is 3.18. The van der Waals surface area contributed by atoms with Crippen LogP contribution in [0, 0.1) is 0 Å². The number of alkyl halides is 1. The van der Waals surface area contributed by atoms with E-state index in [4.69, 9.17) is 22.1 Å². The van der Waals surface area contributed by atoms with Crippen LogP contribution in [-0.2, 0) is 0 Å². The number of allylic oxidation sites excluding steroid dienone is 1. The molecule has 0 spiro atoms. The first-order valence-electron chi connectivity index (χ1n) is 9.11. The monoisotopic (exact) mass is 377 g/mol. The molecule has 0 heterocycles. The van der Waals surface area contributed by atoms with Gasteiger partial charge in [-0.2, -0.15) is 0 Å². The predicted molar refractivity (Wildman–Crippen MR) is 115 cm³/mol. The fourth-order valence-corrected chi connectivity index (χ4v) is 3.37. The van der Waals surface area contributed by atoms with Gasteiger partial charge < -0.3 is 4.74 Å². The van der Waals surface area contributed by atoms with Gasteiger partial charge in [-0.25, -0.2) is 0 Å². The molecule has 2 nitrogen and oxygen atoms in total. The summed E-state index contributed by atoms with van der Waals surface area (Å²) in [5.41, 5.74) is 11.6. The standard InChI is InChI=1S/C24H24ClNO/c1-18(26)27-22-14-12-21(13-15-22)24(20-10-6-3-7-11-20)23(16-17-25)19-8-4-2-5-9-19/h2-15,18H,16-17,26H2,1H3/b24-23-. The molecule has 0 amide bonds. The van der Waals surface area contributed by atoms with Gasteiger partial charge in [-0.3, -0.25) is 5.73 Å². The zero-order chi connectivity index (χ0) is 19.1. The molecule has 0 aromatic heterocycles. The quantitative estimate of drug-likeness (QED) is 0.313. The first-order valence-corrected chi connectivity index (χ1v) is 9.65. The van der Waals surface area contributed by atoms with Crippen molar-refractivity contribution in [2.45, 2.75) is 19.6 Å². The van der Waals surface area contributed by atoms with Crippen molar-refractivity contribution < 1.29 is 4.74 Å². The van der Waals surface area contributed by atoms with Crippen molar-refractivity contribution >= 4 is 22.7 Å². The SMILES string of the molecule is CC(N)Oc1ccc(/C(=C(/CCCl)c2ccccc2)c2ccccc2)cc1.